The van der Waals surface area contributed by atoms with E-state index in [1.54, 1.807) is 30.3 Å². The molecule has 57 heavy (non-hydrogen) atoms. The molecule has 0 aliphatic heterocycles. The molecule has 4 rings (SSSR count). The van der Waals surface area contributed by atoms with Crippen molar-refractivity contribution in [2.45, 2.75) is 89.3 Å². The summed E-state index contributed by atoms with van der Waals surface area (Å²) in [5, 5.41) is 17.0. The van der Waals surface area contributed by atoms with Gasteiger partial charge in [-0.05, 0) is 95.2 Å². The van der Waals surface area contributed by atoms with E-state index in [1.165, 1.54) is 39.2 Å². The number of rotatable bonds is 19. The number of fused-ring (bicyclic) bond motifs is 2. The van der Waals surface area contributed by atoms with Gasteiger partial charge in [-0.15, -0.1) is 0 Å². The van der Waals surface area contributed by atoms with Crippen LogP contribution in [-0.4, -0.2) is 89.9 Å². The van der Waals surface area contributed by atoms with E-state index in [-0.39, 0.29) is 12.6 Å². The summed E-state index contributed by atoms with van der Waals surface area (Å²) in [6, 6.07) is 15.9. The molecular formula is C39H57Cl2N5O9P2. The number of aliphatic hydroxyl groups is 1. The highest BCUT2D eigenvalue weighted by molar-refractivity contribution is 7.72. The van der Waals surface area contributed by atoms with Gasteiger partial charge in [0, 0.05) is 75.7 Å². The number of hydrogen-bond acceptors (Lipinski definition) is 10. The lowest BCUT2D eigenvalue weighted by Gasteiger charge is -2.30. The van der Waals surface area contributed by atoms with Crippen molar-refractivity contribution in [3.63, 3.8) is 0 Å². The predicted octanol–water partition coefficient (Wildman–Crippen LogP) is 8.80. The third-order valence-corrected chi connectivity index (χ3v) is 13.4. The van der Waals surface area contributed by atoms with Crippen LogP contribution in [0.1, 0.15) is 72.1 Å². The molecule has 2 atom stereocenters. The Morgan fingerprint density at radius 3 is 1.72 bits per heavy atom. The zero-order valence-corrected chi connectivity index (χ0v) is 36.4. The lowest BCUT2D eigenvalue weighted by Crippen LogP contribution is -2.34. The number of hydrogen-bond donors (Lipinski definition) is 7. The van der Waals surface area contributed by atoms with Gasteiger partial charge in [-0.3, -0.25) is 19.1 Å². The van der Waals surface area contributed by atoms with Crippen molar-refractivity contribution in [1.82, 2.24) is 14.9 Å². The average Bonchev–Trinajstić information content (AvgIpc) is 3.14. The second-order valence-corrected chi connectivity index (χ2v) is 18.6. The van der Waals surface area contributed by atoms with E-state index in [9.17, 15) is 38.6 Å². The first kappa shape index (κ1) is 50.0. The number of carbonyl (C=O) groups is 1. The van der Waals surface area contributed by atoms with Crippen LogP contribution in [0.25, 0.3) is 21.8 Å². The van der Waals surface area contributed by atoms with Gasteiger partial charge in [-0.1, -0.05) is 62.4 Å². The number of unbranched alkanes of at least 4 members (excludes halogenated alkanes) is 3. The number of nitrogens with one attached hydrogen (secondary N) is 2. The number of halogens is 2. The SMILES string of the molecule is C=CC(=O)OC.CC(CCCN(C)CCC(O)(P(=O)(O)O)P(=O)(O)O)Nc1ccnc2cc(Cl)ccc12.CCCCCCC(C)Nc1ccnc2cc(Cl)ccc12. The van der Waals surface area contributed by atoms with Gasteiger partial charge >= 0.3 is 21.2 Å². The van der Waals surface area contributed by atoms with E-state index in [0.29, 0.717) is 24.0 Å². The van der Waals surface area contributed by atoms with Crippen LogP contribution in [0.3, 0.4) is 0 Å². The normalized spacial score (nSPS) is 12.9. The number of anilines is 2. The Hall–Kier alpha value is -3.13. The molecule has 0 saturated carbocycles. The number of ether oxygens (including phenoxy) is 1. The van der Waals surface area contributed by atoms with Gasteiger partial charge in [0.05, 0.1) is 18.1 Å². The minimum Gasteiger partial charge on any atom is -0.466 e. The lowest BCUT2D eigenvalue weighted by atomic mass is 10.1. The van der Waals surface area contributed by atoms with Gasteiger partial charge in [0.1, 0.15) is 0 Å². The van der Waals surface area contributed by atoms with E-state index in [2.05, 4.69) is 45.8 Å². The van der Waals surface area contributed by atoms with Gasteiger partial charge in [-0.2, -0.15) is 0 Å². The fraction of sp³-hybridized carbons (Fsp3) is 0.462. The minimum absolute atomic E-state index is 0.0930. The van der Waals surface area contributed by atoms with Crippen molar-refractivity contribution in [3.8, 4) is 0 Å². The van der Waals surface area contributed by atoms with Gasteiger partial charge in [0.2, 0.25) is 0 Å². The monoisotopic (exact) mass is 871 g/mol. The summed E-state index contributed by atoms with van der Waals surface area (Å²) in [6.45, 7) is 10.1. The van der Waals surface area contributed by atoms with Gasteiger partial charge in [0.15, 0.2) is 0 Å². The number of aromatic nitrogens is 2. The molecule has 0 aliphatic carbocycles. The molecule has 0 aliphatic rings. The number of benzene rings is 2. The standard InChI is InChI=1S/C18H28ClN3O7P2.C17H23ClN2.C4H6O2/c1-13(21-16-7-9-20-17-12-14(19)5-6-15(16)17)4-3-10-22(2)11-8-18(23,30(24,25)26)31(27,28)29;1-3-4-5-6-7-13(2)20-16-10-11-19-17-12-14(18)8-9-15(16)17;1-3-4(5)6-2/h5-7,9,12-13,23H,3-4,8,10-11H2,1-2H3,(H,20,21)(H2,24,25,26)(H2,27,28,29);8-13H,3-7H2,1-2H3,(H,19,20);3H,1H2,2H3. The van der Waals surface area contributed by atoms with Crippen molar-refractivity contribution in [2.24, 2.45) is 0 Å². The molecule has 0 bridgehead atoms. The molecule has 2 heterocycles. The van der Waals surface area contributed by atoms with Crippen LogP contribution in [0.5, 0.6) is 0 Å². The van der Waals surface area contributed by atoms with E-state index in [4.69, 9.17) is 23.2 Å². The van der Waals surface area contributed by atoms with E-state index in [0.717, 1.165) is 50.7 Å². The molecule has 2 aromatic heterocycles. The van der Waals surface area contributed by atoms with Crippen LogP contribution < -0.4 is 10.6 Å². The fourth-order valence-electron chi connectivity index (χ4n) is 5.71. The highest BCUT2D eigenvalue weighted by Gasteiger charge is 2.58. The molecule has 0 spiro atoms. The van der Waals surface area contributed by atoms with E-state index >= 15 is 0 Å². The summed E-state index contributed by atoms with van der Waals surface area (Å²) in [7, 11) is -7.89. The molecular weight excluding hydrogens is 815 g/mol. The summed E-state index contributed by atoms with van der Waals surface area (Å²) in [5.74, 6) is -0.394. The maximum Gasteiger partial charge on any atom is 0.369 e. The number of nitrogens with zero attached hydrogens (tertiary/aromatic N) is 3. The Kier molecular flexibility index (Phi) is 21.1. The topological polar surface area (TPSA) is 215 Å². The van der Waals surface area contributed by atoms with Crippen LogP contribution in [0.4, 0.5) is 11.4 Å². The van der Waals surface area contributed by atoms with Crippen molar-refractivity contribution < 1.29 is 43.3 Å². The average molecular weight is 873 g/mol. The smallest absolute Gasteiger partial charge is 0.369 e. The van der Waals surface area contributed by atoms with Crippen LogP contribution >= 0.6 is 38.4 Å². The highest BCUT2D eigenvalue weighted by Crippen LogP contribution is 2.68. The summed E-state index contributed by atoms with van der Waals surface area (Å²) in [6.07, 6.45) is 11.8. The summed E-state index contributed by atoms with van der Waals surface area (Å²) < 4.78 is 27.0. The maximum atomic E-state index is 11.4. The van der Waals surface area contributed by atoms with Crippen LogP contribution in [0.2, 0.25) is 10.0 Å². The zero-order chi connectivity index (χ0) is 42.8. The van der Waals surface area contributed by atoms with E-state index in [1.807, 2.05) is 49.5 Å². The molecule has 2 unspecified atom stereocenters. The maximum absolute atomic E-state index is 11.4. The van der Waals surface area contributed by atoms with E-state index < -0.39 is 32.7 Å². The first-order valence-corrected chi connectivity index (χ1v) is 22.6. The Morgan fingerprint density at radius 1 is 0.842 bits per heavy atom. The minimum atomic E-state index is -5.43. The predicted molar refractivity (Wildman–Crippen MR) is 231 cm³/mol. The Labute approximate surface area is 345 Å². The molecule has 7 N–H and O–H groups in total. The van der Waals surface area contributed by atoms with Gasteiger partial charge in [-0.25, -0.2) is 4.79 Å². The summed E-state index contributed by atoms with van der Waals surface area (Å²) >= 11 is 12.0. The quantitative estimate of drug-likeness (QED) is 0.0203. The van der Waals surface area contributed by atoms with Crippen molar-refractivity contribution in [2.75, 3.05) is 37.9 Å². The van der Waals surface area contributed by atoms with Crippen LogP contribution in [0.15, 0.2) is 73.6 Å². The molecule has 4 aromatic rings. The fourth-order valence-corrected chi connectivity index (χ4v) is 8.18. The number of methoxy groups -OCH3 is 1. The Morgan fingerprint density at radius 2 is 1.32 bits per heavy atom. The number of esters is 1. The van der Waals surface area contributed by atoms with Crippen LogP contribution in [-0.2, 0) is 18.7 Å². The molecule has 0 radical (unpaired) electrons. The molecule has 0 saturated heterocycles. The van der Waals surface area contributed by atoms with Gasteiger partial charge in [0.25, 0.3) is 5.08 Å². The first-order chi connectivity index (χ1) is 26.8. The summed E-state index contributed by atoms with van der Waals surface area (Å²) in [5.41, 5.74) is 3.80. The molecule has 0 fully saturated rings. The van der Waals surface area contributed by atoms with Crippen molar-refractivity contribution in [1.29, 1.82) is 0 Å². The van der Waals surface area contributed by atoms with Gasteiger partial charge < -0.3 is 45.0 Å². The second kappa shape index (κ2) is 24.1. The number of carbonyl (C=O) groups excluding carboxylic acids is 1. The third kappa shape index (κ3) is 16.6. The first-order valence-electron chi connectivity index (χ1n) is 18.6. The molecule has 14 nitrogen and oxygen atoms in total. The largest absolute Gasteiger partial charge is 0.466 e. The number of pyridine rings is 2. The highest BCUT2D eigenvalue weighted by atomic mass is 35.5. The van der Waals surface area contributed by atoms with Crippen LogP contribution in [0, 0.1) is 0 Å². The third-order valence-electron chi connectivity index (χ3n) is 9.01. The molecule has 18 heteroatoms. The zero-order valence-electron chi connectivity index (χ0n) is 33.1. The lowest BCUT2D eigenvalue weighted by molar-refractivity contribution is -0.134. The summed E-state index contributed by atoms with van der Waals surface area (Å²) in [4.78, 5) is 57.0. The van der Waals surface area contributed by atoms with Crippen molar-refractivity contribution >= 4 is 77.5 Å². The molecule has 316 valence electrons. The molecule has 0 amide bonds. The Balaban J connectivity index is 0.000000367. The second-order valence-electron chi connectivity index (χ2n) is 13.8. The Bertz CT molecular complexity index is 1960. The molecule has 2 aromatic carbocycles. The van der Waals surface area contributed by atoms with Crippen molar-refractivity contribution in [3.05, 3.63) is 83.6 Å².